The smallest absolute Gasteiger partial charge is 0.192 e. The van der Waals surface area contributed by atoms with E-state index in [1.165, 1.54) is 5.56 Å². The van der Waals surface area contributed by atoms with Crippen LogP contribution in [0.2, 0.25) is 0 Å². The highest BCUT2D eigenvalue weighted by atomic mass is 16.3. The Morgan fingerprint density at radius 2 is 2.06 bits per heavy atom. The number of oxazole rings is 1. The number of carbonyl (C=O) groups excluding carboxylic acids is 1. The number of nitrogens with zero attached hydrogens (tertiary/aromatic N) is 1. The van der Waals surface area contributed by atoms with E-state index in [-0.39, 0.29) is 0 Å². The molecule has 1 aliphatic carbocycles. The molecule has 0 radical (unpaired) electrons. The Labute approximate surface area is 99.8 Å². The maximum Gasteiger partial charge on any atom is 0.192 e. The quantitative estimate of drug-likeness (QED) is 0.753. The van der Waals surface area contributed by atoms with Gasteiger partial charge in [0.05, 0.1) is 0 Å². The number of hydrogen-bond donors (Lipinski definition) is 0. The maximum atomic E-state index is 11.2. The van der Waals surface area contributed by atoms with Crippen LogP contribution in [0.25, 0.3) is 11.1 Å². The van der Waals surface area contributed by atoms with Gasteiger partial charge in [-0.1, -0.05) is 6.07 Å². The van der Waals surface area contributed by atoms with E-state index < -0.39 is 0 Å². The summed E-state index contributed by atoms with van der Waals surface area (Å²) in [7, 11) is 0. The average Bonchev–Trinajstić information content (AvgIpc) is 2.69. The number of aryl methyl sites for hydroxylation is 1. The summed E-state index contributed by atoms with van der Waals surface area (Å²) in [6.07, 6.45) is 3.39. The molecule has 0 N–H and O–H groups in total. The second-order valence-corrected chi connectivity index (χ2v) is 4.77. The lowest BCUT2D eigenvalue weighted by molar-refractivity contribution is -0.120. The van der Waals surface area contributed by atoms with Crippen LogP contribution < -0.4 is 0 Å². The zero-order chi connectivity index (χ0) is 11.8. The minimum Gasteiger partial charge on any atom is -0.441 e. The van der Waals surface area contributed by atoms with Crippen molar-refractivity contribution in [2.45, 2.75) is 38.5 Å². The summed E-state index contributed by atoms with van der Waals surface area (Å²) in [4.78, 5) is 15.6. The van der Waals surface area contributed by atoms with Crippen molar-refractivity contribution in [3.05, 3.63) is 29.7 Å². The second-order valence-electron chi connectivity index (χ2n) is 4.77. The molecule has 1 heterocycles. The molecule has 0 atom stereocenters. The minimum absolute atomic E-state index is 0.402. The van der Waals surface area contributed by atoms with Gasteiger partial charge in [0, 0.05) is 19.8 Å². The highest BCUT2D eigenvalue weighted by Gasteiger charge is 2.20. The van der Waals surface area contributed by atoms with Crippen LogP contribution in [-0.2, 0) is 4.79 Å². The summed E-state index contributed by atoms with van der Waals surface area (Å²) in [6, 6.07) is 6.20. The van der Waals surface area contributed by atoms with Gasteiger partial charge in [0.2, 0.25) is 0 Å². The van der Waals surface area contributed by atoms with Gasteiger partial charge in [0.1, 0.15) is 11.3 Å². The predicted octanol–water partition coefficient (Wildman–Crippen LogP) is 3.36. The first-order valence-electron chi connectivity index (χ1n) is 6.11. The summed E-state index contributed by atoms with van der Waals surface area (Å²) >= 11 is 0. The molecule has 1 aromatic heterocycles. The van der Waals surface area contributed by atoms with E-state index in [9.17, 15) is 4.79 Å². The molecule has 88 valence electrons. The number of benzene rings is 1. The molecule has 0 amide bonds. The van der Waals surface area contributed by atoms with Crippen LogP contribution in [0.1, 0.15) is 43.1 Å². The van der Waals surface area contributed by atoms with Gasteiger partial charge in [-0.25, -0.2) is 4.98 Å². The SMILES string of the molecule is Cc1nc2cc(C3CCC(=O)CC3)ccc2o1. The van der Waals surface area contributed by atoms with Crippen LogP contribution in [-0.4, -0.2) is 10.8 Å². The van der Waals surface area contributed by atoms with E-state index >= 15 is 0 Å². The summed E-state index contributed by atoms with van der Waals surface area (Å²) in [6.45, 7) is 1.86. The average molecular weight is 229 g/mol. The third-order valence-electron chi connectivity index (χ3n) is 3.53. The number of Topliss-reactive ketones (excluding diaryl/α,β-unsaturated/α-hetero) is 1. The summed E-state index contributed by atoms with van der Waals surface area (Å²) in [5.74, 6) is 1.62. The van der Waals surface area contributed by atoms with Crippen LogP contribution in [0.15, 0.2) is 22.6 Å². The number of carbonyl (C=O) groups is 1. The van der Waals surface area contributed by atoms with Gasteiger partial charge in [-0.2, -0.15) is 0 Å². The van der Waals surface area contributed by atoms with Crippen LogP contribution in [0.5, 0.6) is 0 Å². The third-order valence-corrected chi connectivity index (χ3v) is 3.53. The van der Waals surface area contributed by atoms with Gasteiger partial charge in [-0.3, -0.25) is 4.79 Å². The predicted molar refractivity (Wildman–Crippen MR) is 65.0 cm³/mol. The molecule has 2 aromatic rings. The fourth-order valence-corrected chi connectivity index (χ4v) is 2.59. The van der Waals surface area contributed by atoms with Gasteiger partial charge >= 0.3 is 0 Å². The lowest BCUT2D eigenvalue weighted by Crippen LogP contribution is -2.12. The monoisotopic (exact) mass is 229 g/mol. The lowest BCUT2D eigenvalue weighted by atomic mass is 9.83. The topological polar surface area (TPSA) is 43.1 Å². The van der Waals surface area contributed by atoms with Crippen LogP contribution >= 0.6 is 0 Å². The molecular weight excluding hydrogens is 214 g/mol. The van der Waals surface area contributed by atoms with Crippen molar-refractivity contribution >= 4 is 16.9 Å². The third kappa shape index (κ3) is 1.97. The number of ketones is 1. The van der Waals surface area contributed by atoms with E-state index in [0.717, 1.165) is 36.8 Å². The minimum atomic E-state index is 0.402. The van der Waals surface area contributed by atoms with Crippen molar-refractivity contribution < 1.29 is 9.21 Å². The summed E-state index contributed by atoms with van der Waals surface area (Å²) < 4.78 is 5.46. The lowest BCUT2D eigenvalue weighted by Gasteiger charge is -2.20. The van der Waals surface area contributed by atoms with E-state index in [4.69, 9.17) is 4.42 Å². The Morgan fingerprint density at radius 3 is 2.82 bits per heavy atom. The van der Waals surface area contributed by atoms with Crippen LogP contribution in [0.4, 0.5) is 0 Å². The molecule has 17 heavy (non-hydrogen) atoms. The molecule has 0 unspecified atom stereocenters. The molecule has 3 rings (SSSR count). The Kier molecular flexibility index (Phi) is 2.46. The first-order chi connectivity index (χ1) is 8.22. The Balaban J connectivity index is 1.92. The number of fused-ring (bicyclic) bond motifs is 1. The van der Waals surface area contributed by atoms with Crippen molar-refractivity contribution in [3.8, 4) is 0 Å². The van der Waals surface area contributed by atoms with Crippen molar-refractivity contribution in [2.24, 2.45) is 0 Å². The highest BCUT2D eigenvalue weighted by molar-refractivity contribution is 5.79. The fourth-order valence-electron chi connectivity index (χ4n) is 2.59. The van der Waals surface area contributed by atoms with E-state index in [2.05, 4.69) is 17.1 Å². The molecule has 0 saturated heterocycles. The molecule has 3 nitrogen and oxygen atoms in total. The van der Waals surface area contributed by atoms with Gasteiger partial charge in [-0.05, 0) is 36.5 Å². The Hall–Kier alpha value is -1.64. The number of rotatable bonds is 1. The molecule has 0 spiro atoms. The highest BCUT2D eigenvalue weighted by Crippen LogP contribution is 2.32. The molecule has 1 aromatic carbocycles. The van der Waals surface area contributed by atoms with Gasteiger partial charge in [0.15, 0.2) is 11.5 Å². The van der Waals surface area contributed by atoms with Crippen molar-refractivity contribution in [1.29, 1.82) is 0 Å². The first-order valence-corrected chi connectivity index (χ1v) is 6.11. The van der Waals surface area contributed by atoms with Gasteiger partial charge in [0.25, 0.3) is 0 Å². The number of hydrogen-bond acceptors (Lipinski definition) is 3. The summed E-state index contributed by atoms with van der Waals surface area (Å²) in [5, 5.41) is 0. The zero-order valence-electron chi connectivity index (χ0n) is 9.90. The second kappa shape index (κ2) is 3.99. The molecule has 0 bridgehead atoms. The molecule has 3 heteroatoms. The Morgan fingerprint density at radius 1 is 1.29 bits per heavy atom. The molecule has 1 fully saturated rings. The number of aromatic nitrogens is 1. The molecule has 1 saturated carbocycles. The Bertz CT molecular complexity index is 561. The van der Waals surface area contributed by atoms with Crippen molar-refractivity contribution in [3.63, 3.8) is 0 Å². The summed E-state index contributed by atoms with van der Waals surface area (Å²) in [5.41, 5.74) is 3.06. The molecule has 1 aliphatic rings. The van der Waals surface area contributed by atoms with E-state index in [0.29, 0.717) is 17.6 Å². The van der Waals surface area contributed by atoms with Crippen molar-refractivity contribution in [2.75, 3.05) is 0 Å². The first kappa shape index (κ1) is 10.5. The largest absolute Gasteiger partial charge is 0.441 e. The van der Waals surface area contributed by atoms with Crippen molar-refractivity contribution in [1.82, 2.24) is 4.98 Å². The molecule has 0 aliphatic heterocycles. The van der Waals surface area contributed by atoms with Crippen LogP contribution in [0, 0.1) is 6.92 Å². The van der Waals surface area contributed by atoms with E-state index in [1.54, 1.807) is 0 Å². The van der Waals surface area contributed by atoms with Crippen LogP contribution in [0.3, 0.4) is 0 Å². The van der Waals surface area contributed by atoms with E-state index in [1.807, 2.05) is 13.0 Å². The zero-order valence-corrected chi connectivity index (χ0v) is 9.90. The molecular formula is C14H15NO2. The van der Waals surface area contributed by atoms with Gasteiger partial charge < -0.3 is 4.42 Å². The normalized spacial score (nSPS) is 17.8. The standard InChI is InChI=1S/C14H15NO2/c1-9-15-13-8-11(4-7-14(13)17-9)10-2-5-12(16)6-3-10/h4,7-8,10H,2-3,5-6H2,1H3. The van der Waals surface area contributed by atoms with Gasteiger partial charge in [-0.15, -0.1) is 0 Å². The maximum absolute atomic E-state index is 11.2. The fraction of sp³-hybridized carbons (Fsp3) is 0.429.